The zero-order valence-corrected chi connectivity index (χ0v) is 24.5. The minimum atomic E-state index is -0.852. The van der Waals surface area contributed by atoms with E-state index in [0.717, 1.165) is 54.3 Å². The number of likely N-dealkylation sites (N-methyl/N-ethyl adjacent to an activating group) is 1. The first-order chi connectivity index (χ1) is 19.3. The molecule has 2 atom stereocenters. The van der Waals surface area contributed by atoms with Gasteiger partial charge in [0.2, 0.25) is 5.91 Å². The Morgan fingerprint density at radius 1 is 0.850 bits per heavy atom. The van der Waals surface area contributed by atoms with E-state index >= 15 is 0 Å². The second-order valence-electron chi connectivity index (χ2n) is 11.0. The van der Waals surface area contributed by atoms with Gasteiger partial charge in [-0.3, -0.25) is 9.69 Å². The molecule has 1 amide bonds. The lowest BCUT2D eigenvalue weighted by atomic mass is 9.53. The van der Waals surface area contributed by atoms with Gasteiger partial charge < -0.3 is 14.4 Å². The van der Waals surface area contributed by atoms with E-state index in [0.29, 0.717) is 10.0 Å². The molecule has 2 aliphatic heterocycles. The molecule has 8 heteroatoms. The highest BCUT2D eigenvalue weighted by molar-refractivity contribution is 6.31. The number of imidazole rings is 1. The molecule has 6 nitrogen and oxygen atoms in total. The Morgan fingerprint density at radius 2 is 1.57 bits per heavy atom. The van der Waals surface area contributed by atoms with Crippen LogP contribution in [0.2, 0.25) is 10.0 Å². The van der Waals surface area contributed by atoms with Crippen LogP contribution in [0.25, 0.3) is 0 Å². The zero-order valence-electron chi connectivity index (χ0n) is 23.0. The number of aryl methyl sites for hydroxylation is 1. The number of fused-ring (bicyclic) bond motifs is 1. The van der Waals surface area contributed by atoms with Crippen LogP contribution in [0, 0.1) is 0 Å². The van der Waals surface area contributed by atoms with Crippen LogP contribution < -0.4 is 4.90 Å². The summed E-state index contributed by atoms with van der Waals surface area (Å²) in [5.74, 6) is 0.0494. The Labute approximate surface area is 245 Å². The maximum absolute atomic E-state index is 14.2. The van der Waals surface area contributed by atoms with Crippen molar-refractivity contribution < 1.29 is 4.79 Å². The Balaban J connectivity index is 1.83. The van der Waals surface area contributed by atoms with Crippen molar-refractivity contribution in [2.45, 2.75) is 17.4 Å². The van der Waals surface area contributed by atoms with E-state index in [1.807, 2.05) is 69.1 Å². The second-order valence-corrected chi connectivity index (χ2v) is 11.8. The third-order valence-electron chi connectivity index (χ3n) is 8.88. The molecule has 4 aromatic rings. The van der Waals surface area contributed by atoms with Crippen molar-refractivity contribution in [1.29, 1.82) is 0 Å². The van der Waals surface area contributed by atoms with Gasteiger partial charge in [-0.05, 0) is 54.1 Å². The van der Waals surface area contributed by atoms with Crippen LogP contribution >= 0.6 is 23.2 Å². The van der Waals surface area contributed by atoms with Crippen LogP contribution in [0.1, 0.15) is 28.8 Å². The molecule has 0 spiro atoms. The molecule has 0 radical (unpaired) electrons. The minimum absolute atomic E-state index is 0.0494. The first-order valence-electron chi connectivity index (χ1n) is 13.6. The van der Waals surface area contributed by atoms with Gasteiger partial charge in [0, 0.05) is 62.4 Å². The van der Waals surface area contributed by atoms with Gasteiger partial charge in [0.25, 0.3) is 0 Å². The minimum Gasteiger partial charge on any atom is -0.336 e. The fourth-order valence-corrected chi connectivity index (χ4v) is 7.33. The van der Waals surface area contributed by atoms with Gasteiger partial charge in [-0.15, -0.1) is 0 Å². The Kier molecular flexibility index (Phi) is 6.99. The van der Waals surface area contributed by atoms with Gasteiger partial charge in [0.1, 0.15) is 5.54 Å². The number of aromatic nitrogens is 2. The number of para-hydroxylation sites is 1. The van der Waals surface area contributed by atoms with Gasteiger partial charge in [-0.1, -0.05) is 65.7 Å². The quantitative estimate of drug-likeness (QED) is 0.313. The number of benzene rings is 3. The van der Waals surface area contributed by atoms with Gasteiger partial charge in [0.05, 0.1) is 23.6 Å². The van der Waals surface area contributed by atoms with E-state index in [2.05, 4.69) is 56.7 Å². The van der Waals surface area contributed by atoms with Crippen molar-refractivity contribution in [3.63, 3.8) is 0 Å². The van der Waals surface area contributed by atoms with Gasteiger partial charge in [0.15, 0.2) is 0 Å². The molecule has 1 saturated heterocycles. The summed E-state index contributed by atoms with van der Waals surface area (Å²) in [5.41, 5.74) is 3.34. The maximum atomic E-state index is 14.2. The van der Waals surface area contributed by atoms with Crippen molar-refractivity contribution in [1.82, 2.24) is 19.4 Å². The second kappa shape index (κ2) is 10.3. The lowest BCUT2D eigenvalue weighted by Crippen LogP contribution is -2.67. The van der Waals surface area contributed by atoms with E-state index in [9.17, 15) is 4.79 Å². The Morgan fingerprint density at radius 3 is 2.25 bits per heavy atom. The topological polar surface area (TPSA) is 44.6 Å². The van der Waals surface area contributed by atoms with Crippen molar-refractivity contribution in [2.24, 2.45) is 7.05 Å². The summed E-state index contributed by atoms with van der Waals surface area (Å²) in [6.07, 6.45) is 4.07. The van der Waals surface area contributed by atoms with Gasteiger partial charge >= 0.3 is 0 Å². The predicted octanol–water partition coefficient (Wildman–Crippen LogP) is 5.57. The molecule has 6 rings (SSSR count). The fourth-order valence-electron chi connectivity index (χ4n) is 7.01. The first kappa shape index (κ1) is 27.0. The number of nitrogens with zero attached hydrogens (tertiary/aromatic N) is 5. The monoisotopic (exact) mass is 573 g/mol. The lowest BCUT2D eigenvalue weighted by molar-refractivity contribution is -0.121. The highest BCUT2D eigenvalue weighted by Gasteiger charge is 2.63. The number of hydrogen-bond acceptors (Lipinski definition) is 4. The molecule has 0 N–H and O–H groups in total. The van der Waals surface area contributed by atoms with E-state index in [4.69, 9.17) is 23.2 Å². The number of hydrogen-bond donors (Lipinski definition) is 0. The molecule has 2 aliphatic rings. The third kappa shape index (κ3) is 4.00. The molecule has 0 bridgehead atoms. The molecule has 2 unspecified atom stereocenters. The zero-order chi connectivity index (χ0) is 28.1. The molecular formula is C32H33Cl2N5O. The lowest BCUT2D eigenvalue weighted by Gasteiger charge is -2.60. The van der Waals surface area contributed by atoms with E-state index in [1.54, 1.807) is 4.90 Å². The molecule has 0 aliphatic carbocycles. The number of piperazine rings is 1. The van der Waals surface area contributed by atoms with Crippen LogP contribution in [0.5, 0.6) is 0 Å². The van der Waals surface area contributed by atoms with E-state index in [1.165, 1.54) is 0 Å². The normalized spacial score (nSPS) is 21.7. The van der Waals surface area contributed by atoms with Crippen LogP contribution in [0.3, 0.4) is 0 Å². The molecule has 40 heavy (non-hydrogen) atoms. The van der Waals surface area contributed by atoms with Crippen LogP contribution in [0.4, 0.5) is 5.69 Å². The Hall–Kier alpha value is -3.16. The summed E-state index contributed by atoms with van der Waals surface area (Å²) in [6.45, 7) is 3.40. The average Bonchev–Trinajstić information content (AvgIpc) is 3.39. The molecular weight excluding hydrogens is 541 g/mol. The molecule has 3 aromatic carbocycles. The summed E-state index contributed by atoms with van der Waals surface area (Å²) in [6, 6.07) is 24.5. The number of halogens is 2. The molecule has 0 saturated carbocycles. The first-order valence-corrected chi connectivity index (χ1v) is 14.3. The molecule has 3 heterocycles. The predicted molar refractivity (Wildman–Crippen MR) is 161 cm³/mol. The van der Waals surface area contributed by atoms with E-state index < -0.39 is 11.0 Å². The summed E-state index contributed by atoms with van der Waals surface area (Å²) in [4.78, 5) is 25.5. The maximum Gasteiger partial charge on any atom is 0.228 e. The summed E-state index contributed by atoms with van der Waals surface area (Å²) < 4.78 is 2.10. The smallest absolute Gasteiger partial charge is 0.228 e. The fraction of sp³-hybridized carbons (Fsp3) is 0.312. The van der Waals surface area contributed by atoms with Crippen molar-refractivity contribution in [3.8, 4) is 0 Å². The van der Waals surface area contributed by atoms with Crippen molar-refractivity contribution >= 4 is 34.8 Å². The largest absolute Gasteiger partial charge is 0.336 e. The summed E-state index contributed by atoms with van der Waals surface area (Å²) >= 11 is 13.2. The average molecular weight is 575 g/mol. The highest BCUT2D eigenvalue weighted by Crippen LogP contribution is 2.60. The Bertz CT molecular complexity index is 1540. The number of carbonyl (C=O) groups excluding carboxylic acids is 1. The van der Waals surface area contributed by atoms with Crippen LogP contribution in [0.15, 0.2) is 85.3 Å². The van der Waals surface area contributed by atoms with Gasteiger partial charge in [-0.2, -0.15) is 0 Å². The van der Waals surface area contributed by atoms with Crippen LogP contribution in [-0.4, -0.2) is 65.5 Å². The van der Waals surface area contributed by atoms with Crippen molar-refractivity contribution in [2.75, 3.05) is 45.2 Å². The van der Waals surface area contributed by atoms with Gasteiger partial charge in [-0.25, -0.2) is 4.98 Å². The summed E-state index contributed by atoms with van der Waals surface area (Å²) in [5, 5.41) is 1.30. The standard InChI is InChI=1S/C32H33Cl2N5O/c1-36-15-17-39(18-16-36)32(29-21-35-22-37(29)2,23-11-13-25(33)14-12-23)31(24-7-6-8-26(34)19-24)20-30(40)38(3)28-10-5-4-9-27(28)31/h4-14,19,21-22H,15-18,20H2,1-3H3. The summed E-state index contributed by atoms with van der Waals surface area (Å²) in [7, 11) is 6.07. The highest BCUT2D eigenvalue weighted by atomic mass is 35.5. The van der Waals surface area contributed by atoms with E-state index in [-0.39, 0.29) is 12.3 Å². The molecule has 206 valence electrons. The number of rotatable bonds is 5. The number of carbonyl (C=O) groups is 1. The molecule has 1 fully saturated rings. The number of amides is 1. The number of anilines is 1. The molecule has 1 aromatic heterocycles. The third-order valence-corrected chi connectivity index (χ3v) is 9.36. The van der Waals surface area contributed by atoms with Crippen molar-refractivity contribution in [3.05, 3.63) is 118 Å². The van der Waals surface area contributed by atoms with Crippen LogP contribution in [-0.2, 0) is 22.8 Å². The SMILES string of the molecule is CN1CCN(C(c2ccc(Cl)cc2)(c2cncn2C)C2(c3cccc(Cl)c3)CC(=O)N(C)c3ccccc32)CC1.